The predicted octanol–water partition coefficient (Wildman–Crippen LogP) is 2.55. The van der Waals surface area contributed by atoms with E-state index in [-0.39, 0.29) is 5.56 Å². The first kappa shape index (κ1) is 15.4. The van der Waals surface area contributed by atoms with Gasteiger partial charge >= 0.3 is 0 Å². The van der Waals surface area contributed by atoms with Crippen LogP contribution in [0.5, 0.6) is 0 Å². The molecule has 0 saturated carbocycles. The average Bonchev–Trinajstić information content (AvgIpc) is 2.42. The molecule has 5 heteroatoms. The van der Waals surface area contributed by atoms with E-state index in [1.165, 1.54) is 12.1 Å². The Morgan fingerprint density at radius 3 is 2.79 bits per heavy atom. The van der Waals surface area contributed by atoms with Crippen LogP contribution in [0.4, 0.5) is 10.1 Å². The monoisotopic (exact) mass is 266 g/mol. The lowest BCUT2D eigenvalue weighted by Crippen LogP contribution is -2.06. The van der Waals surface area contributed by atoms with E-state index >= 15 is 0 Å². The maximum absolute atomic E-state index is 13.3. The molecular formula is C14H19FN2O2. The molecule has 0 heterocycles. The first-order valence-corrected chi connectivity index (χ1v) is 6.28. The molecule has 0 spiro atoms. The van der Waals surface area contributed by atoms with Gasteiger partial charge in [0.05, 0.1) is 18.8 Å². The number of anilines is 1. The summed E-state index contributed by atoms with van der Waals surface area (Å²) in [7, 11) is 1.64. The first-order chi connectivity index (χ1) is 9.27. The van der Waals surface area contributed by atoms with Gasteiger partial charge in [0.1, 0.15) is 11.9 Å². The zero-order valence-electron chi connectivity index (χ0n) is 11.1. The summed E-state index contributed by atoms with van der Waals surface area (Å²) in [6.45, 7) is 2.68. The van der Waals surface area contributed by atoms with Crippen molar-refractivity contribution in [3.8, 4) is 6.07 Å². The Morgan fingerprint density at radius 2 is 2.11 bits per heavy atom. The number of halogens is 1. The first-order valence-electron chi connectivity index (χ1n) is 6.28. The number of nitrogens with zero attached hydrogens (tertiary/aromatic N) is 1. The van der Waals surface area contributed by atoms with Gasteiger partial charge in [-0.3, -0.25) is 0 Å². The number of methoxy groups -OCH3 is 1. The Morgan fingerprint density at radius 1 is 1.26 bits per heavy atom. The molecule has 4 nitrogen and oxygen atoms in total. The van der Waals surface area contributed by atoms with E-state index in [0.29, 0.717) is 25.5 Å². The van der Waals surface area contributed by atoms with Gasteiger partial charge in [-0.2, -0.15) is 5.26 Å². The average molecular weight is 266 g/mol. The summed E-state index contributed by atoms with van der Waals surface area (Å²) in [6, 6.07) is 6.32. The van der Waals surface area contributed by atoms with Crippen molar-refractivity contribution in [3.63, 3.8) is 0 Å². The summed E-state index contributed by atoms with van der Waals surface area (Å²) in [6.07, 6.45) is 1.88. The van der Waals surface area contributed by atoms with Gasteiger partial charge in [0, 0.05) is 25.9 Å². The molecule has 0 aliphatic carbocycles. The van der Waals surface area contributed by atoms with Crippen LogP contribution in [-0.4, -0.2) is 33.5 Å². The fraction of sp³-hybridized carbons (Fsp3) is 0.500. The van der Waals surface area contributed by atoms with Crippen LogP contribution in [0, 0.1) is 17.1 Å². The van der Waals surface area contributed by atoms with Crippen molar-refractivity contribution >= 4 is 5.69 Å². The smallest absolute Gasteiger partial charge is 0.143 e. The highest BCUT2D eigenvalue weighted by Crippen LogP contribution is 2.13. The molecule has 1 aromatic rings. The molecule has 1 aromatic carbocycles. The van der Waals surface area contributed by atoms with Crippen molar-refractivity contribution in [2.45, 2.75) is 12.8 Å². The molecule has 19 heavy (non-hydrogen) atoms. The molecule has 1 N–H and O–H groups in total. The predicted molar refractivity (Wildman–Crippen MR) is 71.5 cm³/mol. The molecule has 0 radical (unpaired) electrons. The van der Waals surface area contributed by atoms with Gasteiger partial charge < -0.3 is 14.8 Å². The molecule has 0 aromatic heterocycles. The van der Waals surface area contributed by atoms with Crippen LogP contribution in [0.2, 0.25) is 0 Å². The Kier molecular flexibility index (Phi) is 7.56. The summed E-state index contributed by atoms with van der Waals surface area (Å²) < 4.78 is 23.5. The second kappa shape index (κ2) is 9.31. The molecule has 0 unspecified atom stereocenters. The maximum Gasteiger partial charge on any atom is 0.143 e. The van der Waals surface area contributed by atoms with E-state index < -0.39 is 5.82 Å². The normalized spacial score (nSPS) is 10.2. The van der Waals surface area contributed by atoms with Gasteiger partial charge in [0.25, 0.3) is 0 Å². The highest BCUT2D eigenvalue weighted by atomic mass is 19.1. The SMILES string of the molecule is COCCOCCCCNc1ccc(C#N)c(F)c1. The Bertz CT molecular complexity index is 418. The largest absolute Gasteiger partial charge is 0.385 e. The number of nitrogens with one attached hydrogen (secondary N) is 1. The van der Waals surface area contributed by atoms with E-state index in [9.17, 15) is 4.39 Å². The third kappa shape index (κ3) is 6.18. The zero-order chi connectivity index (χ0) is 13.9. The van der Waals surface area contributed by atoms with Crippen LogP contribution in [-0.2, 0) is 9.47 Å². The molecule has 0 atom stereocenters. The van der Waals surface area contributed by atoms with Crippen molar-refractivity contribution in [2.24, 2.45) is 0 Å². The minimum atomic E-state index is -0.490. The number of benzene rings is 1. The third-order valence-corrected chi connectivity index (χ3v) is 2.57. The van der Waals surface area contributed by atoms with E-state index in [2.05, 4.69) is 5.32 Å². The van der Waals surface area contributed by atoms with Crippen LogP contribution in [0.25, 0.3) is 0 Å². The minimum Gasteiger partial charge on any atom is -0.385 e. The number of ether oxygens (including phenoxy) is 2. The lowest BCUT2D eigenvalue weighted by atomic mass is 10.2. The third-order valence-electron chi connectivity index (χ3n) is 2.57. The number of unbranched alkanes of at least 4 members (excludes halogenated alkanes) is 1. The van der Waals surface area contributed by atoms with Gasteiger partial charge in [0.2, 0.25) is 0 Å². The molecule has 1 rings (SSSR count). The molecule has 0 fully saturated rings. The Labute approximate surface area is 113 Å². The van der Waals surface area contributed by atoms with E-state index in [0.717, 1.165) is 19.4 Å². The summed E-state index contributed by atoms with van der Waals surface area (Å²) in [5, 5.41) is 11.7. The Balaban J connectivity index is 2.13. The fourth-order valence-corrected chi connectivity index (χ4v) is 1.52. The maximum atomic E-state index is 13.3. The number of nitriles is 1. The fourth-order valence-electron chi connectivity index (χ4n) is 1.52. The van der Waals surface area contributed by atoms with Crippen LogP contribution >= 0.6 is 0 Å². The summed E-state index contributed by atoms with van der Waals surface area (Å²) in [5.74, 6) is -0.490. The molecule has 0 amide bonds. The molecule has 0 aliphatic rings. The van der Waals surface area contributed by atoms with Gasteiger partial charge in [-0.05, 0) is 31.0 Å². The molecular weight excluding hydrogens is 247 g/mol. The molecule has 104 valence electrons. The van der Waals surface area contributed by atoms with Gasteiger partial charge in [-0.15, -0.1) is 0 Å². The quantitative estimate of drug-likeness (QED) is 0.698. The lowest BCUT2D eigenvalue weighted by molar-refractivity contribution is 0.0691. The van der Waals surface area contributed by atoms with Crippen LogP contribution in [0.3, 0.4) is 0 Å². The number of hydrogen-bond acceptors (Lipinski definition) is 4. The van der Waals surface area contributed by atoms with E-state index in [4.69, 9.17) is 14.7 Å². The molecule has 0 aliphatic heterocycles. The van der Waals surface area contributed by atoms with Crippen molar-refractivity contribution in [2.75, 3.05) is 38.8 Å². The van der Waals surface area contributed by atoms with Gasteiger partial charge in [0.15, 0.2) is 0 Å². The second-order valence-electron chi connectivity index (χ2n) is 4.05. The van der Waals surface area contributed by atoms with E-state index in [1.54, 1.807) is 19.2 Å². The lowest BCUT2D eigenvalue weighted by Gasteiger charge is -2.07. The van der Waals surface area contributed by atoms with E-state index in [1.807, 2.05) is 0 Å². The zero-order valence-corrected chi connectivity index (χ0v) is 11.1. The Hall–Kier alpha value is -1.64. The number of hydrogen-bond donors (Lipinski definition) is 1. The second-order valence-corrected chi connectivity index (χ2v) is 4.05. The van der Waals surface area contributed by atoms with Crippen LogP contribution < -0.4 is 5.32 Å². The van der Waals surface area contributed by atoms with Crippen molar-refractivity contribution < 1.29 is 13.9 Å². The van der Waals surface area contributed by atoms with Crippen molar-refractivity contribution in [1.82, 2.24) is 0 Å². The number of rotatable bonds is 9. The minimum absolute atomic E-state index is 0.0668. The standard InChI is InChI=1S/C14H19FN2O2/c1-18-8-9-19-7-3-2-6-17-13-5-4-12(11-16)14(15)10-13/h4-5,10,17H,2-3,6-9H2,1H3. The van der Waals surface area contributed by atoms with Crippen molar-refractivity contribution in [3.05, 3.63) is 29.6 Å². The highest BCUT2D eigenvalue weighted by Gasteiger charge is 2.01. The topological polar surface area (TPSA) is 54.3 Å². The van der Waals surface area contributed by atoms with Crippen LogP contribution in [0.1, 0.15) is 18.4 Å². The summed E-state index contributed by atoms with van der Waals surface area (Å²) >= 11 is 0. The summed E-state index contributed by atoms with van der Waals surface area (Å²) in [4.78, 5) is 0. The van der Waals surface area contributed by atoms with Crippen LogP contribution in [0.15, 0.2) is 18.2 Å². The van der Waals surface area contributed by atoms with Crippen molar-refractivity contribution in [1.29, 1.82) is 5.26 Å². The summed E-state index contributed by atoms with van der Waals surface area (Å²) in [5.41, 5.74) is 0.758. The molecule has 0 saturated heterocycles. The van der Waals surface area contributed by atoms with Gasteiger partial charge in [-0.1, -0.05) is 0 Å². The molecule has 0 bridgehead atoms. The highest BCUT2D eigenvalue weighted by molar-refractivity contribution is 5.47. The van der Waals surface area contributed by atoms with Gasteiger partial charge in [-0.25, -0.2) is 4.39 Å².